The van der Waals surface area contributed by atoms with Crippen molar-refractivity contribution in [2.45, 2.75) is 26.7 Å². The molecule has 0 saturated heterocycles. The molecule has 0 saturated carbocycles. The van der Waals surface area contributed by atoms with Gasteiger partial charge in [-0.3, -0.25) is 4.79 Å². The van der Waals surface area contributed by atoms with E-state index in [4.69, 9.17) is 10.9 Å². The highest BCUT2D eigenvalue weighted by Crippen LogP contribution is 2.12. The fourth-order valence-corrected chi connectivity index (χ4v) is 2.21. The number of hydrogen-bond acceptors (Lipinski definition) is 3. The highest BCUT2D eigenvalue weighted by molar-refractivity contribution is 9.10. The van der Waals surface area contributed by atoms with Crippen LogP contribution in [0.1, 0.15) is 25.8 Å². The van der Waals surface area contributed by atoms with E-state index in [0.717, 1.165) is 10.0 Å². The second kappa shape index (κ2) is 8.67. The van der Waals surface area contributed by atoms with Gasteiger partial charge in [0.2, 0.25) is 5.91 Å². The molecule has 21 heavy (non-hydrogen) atoms. The predicted octanol–water partition coefficient (Wildman–Crippen LogP) is 2.61. The number of halogens is 1. The summed E-state index contributed by atoms with van der Waals surface area (Å²) < 4.78 is 0.990. The van der Waals surface area contributed by atoms with Crippen LogP contribution in [0.2, 0.25) is 0 Å². The molecule has 3 N–H and O–H groups in total. The van der Waals surface area contributed by atoms with Crippen LogP contribution in [0, 0.1) is 5.92 Å². The van der Waals surface area contributed by atoms with Crippen LogP contribution in [0.15, 0.2) is 33.9 Å². The van der Waals surface area contributed by atoms with Crippen molar-refractivity contribution in [2.75, 3.05) is 13.1 Å². The minimum atomic E-state index is 0.0526. The molecule has 0 aromatic heterocycles. The van der Waals surface area contributed by atoms with Crippen LogP contribution in [-0.4, -0.2) is 34.9 Å². The molecule has 6 heteroatoms. The summed E-state index contributed by atoms with van der Waals surface area (Å²) in [7, 11) is 0. The van der Waals surface area contributed by atoms with Crippen LogP contribution in [0.25, 0.3) is 0 Å². The number of amides is 1. The van der Waals surface area contributed by atoms with Gasteiger partial charge in [-0.2, -0.15) is 0 Å². The highest BCUT2D eigenvalue weighted by atomic mass is 79.9. The van der Waals surface area contributed by atoms with E-state index in [1.807, 2.05) is 24.3 Å². The Labute approximate surface area is 133 Å². The van der Waals surface area contributed by atoms with Crippen LogP contribution >= 0.6 is 15.9 Å². The summed E-state index contributed by atoms with van der Waals surface area (Å²) in [5, 5.41) is 11.5. The molecule has 0 atom stereocenters. The molecule has 0 unspecified atom stereocenters. The van der Waals surface area contributed by atoms with E-state index in [1.165, 1.54) is 0 Å². The Bertz CT molecular complexity index is 486. The summed E-state index contributed by atoms with van der Waals surface area (Å²) >= 11 is 3.38. The Balaban J connectivity index is 2.67. The fourth-order valence-electron chi connectivity index (χ4n) is 1.95. The van der Waals surface area contributed by atoms with Gasteiger partial charge < -0.3 is 15.8 Å². The molecule has 0 radical (unpaired) electrons. The minimum absolute atomic E-state index is 0.0526. The van der Waals surface area contributed by atoms with Gasteiger partial charge in [-0.1, -0.05) is 47.1 Å². The number of rotatable bonds is 7. The summed E-state index contributed by atoms with van der Waals surface area (Å²) in [5.74, 6) is 0.558. The van der Waals surface area contributed by atoms with Crippen molar-refractivity contribution in [1.82, 2.24) is 4.90 Å². The summed E-state index contributed by atoms with van der Waals surface area (Å²) in [4.78, 5) is 14.2. The lowest BCUT2D eigenvalue weighted by atomic mass is 10.1. The molecule has 0 fully saturated rings. The third-order valence-electron chi connectivity index (χ3n) is 2.97. The van der Waals surface area contributed by atoms with Gasteiger partial charge in [0.15, 0.2) is 0 Å². The van der Waals surface area contributed by atoms with E-state index < -0.39 is 0 Å². The first-order chi connectivity index (χ1) is 9.92. The van der Waals surface area contributed by atoms with Crippen LogP contribution in [0.4, 0.5) is 0 Å². The zero-order chi connectivity index (χ0) is 15.8. The number of oxime groups is 1. The topological polar surface area (TPSA) is 78.9 Å². The number of carbonyl (C=O) groups is 1. The van der Waals surface area contributed by atoms with E-state index >= 15 is 0 Å². The largest absolute Gasteiger partial charge is 0.409 e. The Morgan fingerprint density at radius 1 is 1.38 bits per heavy atom. The highest BCUT2D eigenvalue weighted by Gasteiger charge is 2.15. The molecule has 0 spiro atoms. The molecule has 0 bridgehead atoms. The second-order valence-electron chi connectivity index (χ2n) is 5.38. The summed E-state index contributed by atoms with van der Waals surface area (Å²) in [6.07, 6.45) is 0.728. The maximum Gasteiger partial charge on any atom is 0.227 e. The maximum absolute atomic E-state index is 12.4. The maximum atomic E-state index is 12.4. The molecule has 0 aliphatic heterocycles. The average molecular weight is 356 g/mol. The number of nitrogens with two attached hydrogens (primary N) is 1. The SMILES string of the molecule is CC(C)CN(CCC(N)=NO)C(=O)Cc1ccc(Br)cc1. The van der Waals surface area contributed by atoms with Crippen molar-refractivity contribution >= 4 is 27.7 Å². The third kappa shape index (κ3) is 6.62. The van der Waals surface area contributed by atoms with E-state index in [0.29, 0.717) is 31.8 Å². The smallest absolute Gasteiger partial charge is 0.227 e. The standard InChI is InChI=1S/C15H22BrN3O2/c1-11(2)10-19(8-7-14(17)18-21)15(20)9-12-3-5-13(16)6-4-12/h3-6,11,21H,7-10H2,1-2H3,(H2,17,18). The molecular formula is C15H22BrN3O2. The van der Waals surface area contributed by atoms with Gasteiger partial charge in [0.05, 0.1) is 6.42 Å². The first-order valence-electron chi connectivity index (χ1n) is 6.91. The van der Waals surface area contributed by atoms with Crippen molar-refractivity contribution in [3.63, 3.8) is 0 Å². The number of benzene rings is 1. The molecule has 1 aromatic rings. The molecule has 1 aromatic carbocycles. The van der Waals surface area contributed by atoms with Crippen LogP contribution in [0.3, 0.4) is 0 Å². The number of carbonyl (C=O) groups excluding carboxylic acids is 1. The fraction of sp³-hybridized carbons (Fsp3) is 0.467. The van der Waals surface area contributed by atoms with Crippen molar-refractivity contribution in [1.29, 1.82) is 0 Å². The molecule has 1 rings (SSSR count). The Morgan fingerprint density at radius 3 is 2.52 bits per heavy atom. The first kappa shape index (κ1) is 17.5. The molecule has 1 amide bonds. The number of amidine groups is 1. The minimum Gasteiger partial charge on any atom is -0.409 e. The van der Waals surface area contributed by atoms with Gasteiger partial charge in [-0.25, -0.2) is 0 Å². The van der Waals surface area contributed by atoms with Crippen LogP contribution < -0.4 is 5.73 Å². The monoisotopic (exact) mass is 355 g/mol. The van der Waals surface area contributed by atoms with Gasteiger partial charge in [-0.05, 0) is 23.6 Å². The lowest BCUT2D eigenvalue weighted by Crippen LogP contribution is -2.37. The molecule has 0 aliphatic carbocycles. The summed E-state index contributed by atoms with van der Waals surface area (Å²) in [6, 6.07) is 7.70. The Hall–Kier alpha value is -1.56. The lowest BCUT2D eigenvalue weighted by molar-refractivity contribution is -0.130. The Morgan fingerprint density at radius 2 is 2.00 bits per heavy atom. The lowest BCUT2D eigenvalue weighted by Gasteiger charge is -2.24. The Kier molecular flexibility index (Phi) is 7.22. The van der Waals surface area contributed by atoms with E-state index in [1.54, 1.807) is 4.90 Å². The molecule has 0 aliphatic rings. The van der Waals surface area contributed by atoms with Crippen molar-refractivity contribution in [3.8, 4) is 0 Å². The molecule has 116 valence electrons. The van der Waals surface area contributed by atoms with E-state index in [-0.39, 0.29) is 11.7 Å². The van der Waals surface area contributed by atoms with Gasteiger partial charge in [0.1, 0.15) is 5.84 Å². The summed E-state index contributed by atoms with van der Waals surface area (Å²) in [6.45, 7) is 5.24. The van der Waals surface area contributed by atoms with Gasteiger partial charge in [0, 0.05) is 24.0 Å². The van der Waals surface area contributed by atoms with Gasteiger partial charge in [-0.15, -0.1) is 0 Å². The van der Waals surface area contributed by atoms with E-state index in [2.05, 4.69) is 34.9 Å². The van der Waals surface area contributed by atoms with Gasteiger partial charge in [0.25, 0.3) is 0 Å². The number of hydrogen-bond donors (Lipinski definition) is 2. The zero-order valence-corrected chi connectivity index (χ0v) is 14.0. The normalized spacial score (nSPS) is 11.7. The van der Waals surface area contributed by atoms with Crippen LogP contribution in [0.5, 0.6) is 0 Å². The van der Waals surface area contributed by atoms with E-state index in [9.17, 15) is 4.79 Å². The van der Waals surface area contributed by atoms with Crippen LogP contribution in [-0.2, 0) is 11.2 Å². The third-order valence-corrected chi connectivity index (χ3v) is 3.50. The predicted molar refractivity (Wildman–Crippen MR) is 87.3 cm³/mol. The average Bonchev–Trinajstić information content (AvgIpc) is 2.45. The van der Waals surface area contributed by atoms with Crippen molar-refractivity contribution in [3.05, 3.63) is 34.3 Å². The molecule has 5 nitrogen and oxygen atoms in total. The second-order valence-corrected chi connectivity index (χ2v) is 6.29. The number of nitrogens with zero attached hydrogens (tertiary/aromatic N) is 2. The van der Waals surface area contributed by atoms with Gasteiger partial charge >= 0.3 is 0 Å². The van der Waals surface area contributed by atoms with Crippen molar-refractivity contribution < 1.29 is 10.0 Å². The quantitative estimate of drug-likeness (QED) is 0.341. The molecule has 0 heterocycles. The zero-order valence-electron chi connectivity index (χ0n) is 12.4. The summed E-state index contributed by atoms with van der Waals surface area (Å²) in [5.41, 5.74) is 6.45. The molecular weight excluding hydrogens is 334 g/mol. The first-order valence-corrected chi connectivity index (χ1v) is 7.70. The van der Waals surface area contributed by atoms with Crippen molar-refractivity contribution in [2.24, 2.45) is 16.8 Å².